The lowest BCUT2D eigenvalue weighted by Gasteiger charge is -2.29. The third-order valence-corrected chi connectivity index (χ3v) is 9.37. The van der Waals surface area contributed by atoms with Crippen LogP contribution in [0.3, 0.4) is 0 Å². The maximum absolute atomic E-state index is 13.0. The molecule has 5 aliphatic heterocycles. The molecule has 4 saturated heterocycles. The Balaban J connectivity index is 0.886. The van der Waals surface area contributed by atoms with Crippen LogP contribution in [-0.2, 0) is 27.4 Å². The Hall–Kier alpha value is -4.02. The van der Waals surface area contributed by atoms with E-state index in [2.05, 4.69) is 45.4 Å². The molecule has 0 aliphatic carbocycles. The van der Waals surface area contributed by atoms with Gasteiger partial charge in [-0.15, -0.1) is 0 Å². The van der Waals surface area contributed by atoms with E-state index in [1.807, 2.05) is 12.1 Å². The van der Waals surface area contributed by atoms with Crippen molar-refractivity contribution < 1.29 is 23.9 Å². The molecule has 2 aromatic carbocycles. The first-order chi connectivity index (χ1) is 20.5. The van der Waals surface area contributed by atoms with Crippen molar-refractivity contribution in [1.29, 1.82) is 0 Å². The summed E-state index contributed by atoms with van der Waals surface area (Å²) in [5.41, 5.74) is 3.74. The lowest BCUT2D eigenvalue weighted by atomic mass is 10.0. The standard InChI is InChI=1S/C32H33N5O5/c38-30-8-6-28(31(39)34-30)37-15-21-12-23(3-4-26(21)32(37)40)42-24-9-10-35(16-24)14-19-1-5-27-20(11-19)2-7-29(33-27)36-17-25-13-22(36)18-41-25/h1-5,7,11-12,22,24-25,28H,6,8-10,13-18H2,(H,34,38,39)/t22-,24-,25?,28?/m0/s1. The van der Waals surface area contributed by atoms with Gasteiger partial charge in [0, 0.05) is 50.1 Å². The van der Waals surface area contributed by atoms with Gasteiger partial charge in [0.1, 0.15) is 23.7 Å². The Morgan fingerprint density at radius 3 is 2.76 bits per heavy atom. The number of morpholine rings is 1. The van der Waals surface area contributed by atoms with Crippen LogP contribution in [-0.4, -0.2) is 83.0 Å². The van der Waals surface area contributed by atoms with Gasteiger partial charge in [0.2, 0.25) is 11.8 Å². The van der Waals surface area contributed by atoms with Gasteiger partial charge in [0.05, 0.1) is 24.3 Å². The van der Waals surface area contributed by atoms with Gasteiger partial charge in [-0.1, -0.05) is 6.07 Å². The van der Waals surface area contributed by atoms with Crippen molar-refractivity contribution in [2.24, 2.45) is 0 Å². The first-order valence-corrected chi connectivity index (χ1v) is 14.9. The summed E-state index contributed by atoms with van der Waals surface area (Å²) in [5.74, 6) is 0.937. The monoisotopic (exact) mass is 567 g/mol. The van der Waals surface area contributed by atoms with E-state index in [0.29, 0.717) is 30.7 Å². The molecular weight excluding hydrogens is 534 g/mol. The number of nitrogens with zero attached hydrogens (tertiary/aromatic N) is 4. The minimum absolute atomic E-state index is 0.0656. The van der Waals surface area contributed by atoms with E-state index >= 15 is 0 Å². The average molecular weight is 568 g/mol. The number of fused-ring (bicyclic) bond motifs is 4. The summed E-state index contributed by atoms with van der Waals surface area (Å²) in [5, 5.41) is 3.51. The summed E-state index contributed by atoms with van der Waals surface area (Å²) in [6.07, 6.45) is 3.06. The van der Waals surface area contributed by atoms with Crippen molar-refractivity contribution in [3.05, 3.63) is 65.2 Å². The summed E-state index contributed by atoms with van der Waals surface area (Å²) in [4.78, 5) is 48.2. The van der Waals surface area contributed by atoms with Crippen molar-refractivity contribution >= 4 is 34.4 Å². The number of ether oxygens (including phenoxy) is 2. The molecule has 8 rings (SSSR count). The van der Waals surface area contributed by atoms with E-state index in [9.17, 15) is 14.4 Å². The second kappa shape index (κ2) is 10.1. The lowest BCUT2D eigenvalue weighted by molar-refractivity contribution is -0.136. The Labute approximate surface area is 243 Å². The zero-order chi connectivity index (χ0) is 28.4. The fourth-order valence-corrected chi connectivity index (χ4v) is 7.21. The van der Waals surface area contributed by atoms with Crippen molar-refractivity contribution in [3.8, 4) is 5.75 Å². The van der Waals surface area contributed by atoms with Gasteiger partial charge in [0.25, 0.3) is 5.91 Å². The smallest absolute Gasteiger partial charge is 0.255 e. The largest absolute Gasteiger partial charge is 0.489 e. The van der Waals surface area contributed by atoms with Crippen LogP contribution < -0.4 is 15.0 Å². The van der Waals surface area contributed by atoms with Crippen molar-refractivity contribution in [1.82, 2.24) is 20.1 Å². The minimum Gasteiger partial charge on any atom is -0.489 e. The summed E-state index contributed by atoms with van der Waals surface area (Å²) >= 11 is 0. The maximum Gasteiger partial charge on any atom is 0.255 e. The van der Waals surface area contributed by atoms with E-state index in [1.165, 1.54) is 5.56 Å². The molecule has 2 unspecified atom stereocenters. The number of imide groups is 1. The van der Waals surface area contributed by atoms with Crippen LogP contribution in [0.25, 0.3) is 10.9 Å². The van der Waals surface area contributed by atoms with E-state index in [-0.39, 0.29) is 24.3 Å². The molecule has 216 valence electrons. The molecule has 10 nitrogen and oxygen atoms in total. The molecule has 1 N–H and O–H groups in total. The van der Waals surface area contributed by atoms with Gasteiger partial charge >= 0.3 is 0 Å². The summed E-state index contributed by atoms with van der Waals surface area (Å²) in [7, 11) is 0. The fourth-order valence-electron chi connectivity index (χ4n) is 7.21. The molecule has 1 aromatic heterocycles. The highest BCUT2D eigenvalue weighted by Crippen LogP contribution is 2.33. The molecule has 0 saturated carbocycles. The second-order valence-electron chi connectivity index (χ2n) is 12.2. The highest BCUT2D eigenvalue weighted by atomic mass is 16.5. The van der Waals surface area contributed by atoms with Crippen molar-refractivity contribution in [2.75, 3.05) is 31.1 Å². The van der Waals surface area contributed by atoms with Crippen LogP contribution in [0.5, 0.6) is 5.75 Å². The normalized spacial score (nSPS) is 27.3. The maximum atomic E-state index is 13.0. The number of carbonyl (C=O) groups excluding carboxylic acids is 3. The number of hydrogen-bond acceptors (Lipinski definition) is 8. The second-order valence-corrected chi connectivity index (χ2v) is 12.2. The Morgan fingerprint density at radius 2 is 1.93 bits per heavy atom. The summed E-state index contributed by atoms with van der Waals surface area (Å²) in [6, 6.07) is 16.3. The number of rotatable bonds is 6. The molecule has 0 radical (unpaired) electrons. The molecule has 6 heterocycles. The highest BCUT2D eigenvalue weighted by molar-refractivity contribution is 6.05. The lowest BCUT2D eigenvalue weighted by Crippen LogP contribution is -2.52. The van der Waals surface area contributed by atoms with Crippen LogP contribution in [0.4, 0.5) is 5.82 Å². The predicted molar refractivity (Wildman–Crippen MR) is 154 cm³/mol. The molecule has 10 heteroatoms. The Morgan fingerprint density at radius 1 is 1.00 bits per heavy atom. The minimum atomic E-state index is -0.612. The predicted octanol–water partition coefficient (Wildman–Crippen LogP) is 2.63. The quantitative estimate of drug-likeness (QED) is 0.454. The van der Waals surface area contributed by atoms with Crippen molar-refractivity contribution in [2.45, 2.75) is 63.1 Å². The van der Waals surface area contributed by atoms with Gasteiger partial charge in [-0.05, 0) is 72.9 Å². The van der Waals surface area contributed by atoms with Gasteiger partial charge < -0.3 is 19.3 Å². The average Bonchev–Trinajstić information content (AvgIpc) is 3.78. The van der Waals surface area contributed by atoms with Crippen LogP contribution >= 0.6 is 0 Å². The third kappa shape index (κ3) is 4.59. The molecule has 2 bridgehead atoms. The summed E-state index contributed by atoms with van der Waals surface area (Å²) < 4.78 is 12.1. The number of anilines is 1. The first-order valence-electron chi connectivity index (χ1n) is 14.9. The molecule has 42 heavy (non-hydrogen) atoms. The Kier molecular flexibility index (Phi) is 6.15. The van der Waals surface area contributed by atoms with Crippen LogP contribution in [0.1, 0.15) is 47.2 Å². The molecular formula is C32H33N5O5. The van der Waals surface area contributed by atoms with Gasteiger partial charge in [-0.2, -0.15) is 0 Å². The number of piperidine rings is 1. The topological polar surface area (TPSA) is 104 Å². The molecule has 5 aliphatic rings. The van der Waals surface area contributed by atoms with Gasteiger partial charge in [-0.25, -0.2) is 4.98 Å². The molecule has 3 aromatic rings. The number of nitrogens with one attached hydrogen (secondary N) is 1. The number of carbonyl (C=O) groups is 3. The zero-order valence-electron chi connectivity index (χ0n) is 23.3. The molecule has 4 atom stereocenters. The fraction of sp³-hybridized carbons (Fsp3) is 0.438. The molecule has 0 spiro atoms. The third-order valence-electron chi connectivity index (χ3n) is 9.37. The van der Waals surface area contributed by atoms with E-state index in [1.54, 1.807) is 11.0 Å². The van der Waals surface area contributed by atoms with E-state index in [4.69, 9.17) is 14.5 Å². The number of pyridine rings is 1. The summed E-state index contributed by atoms with van der Waals surface area (Å²) in [6.45, 7) is 4.72. The van der Waals surface area contributed by atoms with E-state index < -0.39 is 11.9 Å². The SMILES string of the molecule is O=C1CCC(N2Cc3cc(O[C@H]4CCN(Cc5ccc6nc(N7CC8C[C@H]7CO8)ccc6c5)C4)ccc3C2=O)C(=O)N1. The van der Waals surface area contributed by atoms with Crippen molar-refractivity contribution in [3.63, 3.8) is 0 Å². The van der Waals surface area contributed by atoms with Crippen LogP contribution in [0.15, 0.2) is 48.5 Å². The molecule has 3 amide bonds. The number of amides is 3. The van der Waals surface area contributed by atoms with Crippen LogP contribution in [0.2, 0.25) is 0 Å². The van der Waals surface area contributed by atoms with E-state index in [0.717, 1.165) is 73.7 Å². The number of hydrogen-bond donors (Lipinski definition) is 1. The molecule has 4 fully saturated rings. The zero-order valence-corrected chi connectivity index (χ0v) is 23.3. The highest BCUT2D eigenvalue weighted by Gasteiger charge is 2.40. The van der Waals surface area contributed by atoms with Gasteiger partial charge in [0.15, 0.2) is 0 Å². The first kappa shape index (κ1) is 25.7. The number of likely N-dealkylation sites (tertiary alicyclic amines) is 1. The number of benzene rings is 2. The van der Waals surface area contributed by atoms with Crippen LogP contribution in [0, 0.1) is 0 Å². The number of aromatic nitrogens is 1. The Bertz CT molecular complexity index is 1610. The van der Waals surface area contributed by atoms with Gasteiger partial charge in [-0.3, -0.25) is 24.6 Å².